The Kier molecular flexibility index (Phi) is 0.551. The van der Waals surface area contributed by atoms with Crippen molar-refractivity contribution in [1.29, 1.82) is 0 Å². The summed E-state index contributed by atoms with van der Waals surface area (Å²) in [5, 5.41) is 0. The number of carbonyl (C=O) groups excluding carboxylic acids is 1. The number of hydrogen-bond donors (Lipinski definition) is 0. The minimum atomic E-state index is -2.33. The second kappa shape index (κ2) is 2.07. The van der Waals surface area contributed by atoms with Crippen molar-refractivity contribution in [1.82, 2.24) is 0 Å². The number of Topliss-reactive ketones (excluding diaryl/α,β-unsaturated/α-hetero) is 1. The van der Waals surface area contributed by atoms with Crippen molar-refractivity contribution in [2.24, 2.45) is 0 Å². The van der Waals surface area contributed by atoms with Gasteiger partial charge < -0.3 is 4.74 Å². The van der Waals surface area contributed by atoms with E-state index in [0.29, 0.717) is 0 Å². The van der Waals surface area contributed by atoms with Gasteiger partial charge in [-0.1, -0.05) is 0 Å². The molecule has 2 heteroatoms. The van der Waals surface area contributed by atoms with Crippen LogP contribution < -0.4 is 0 Å². The molecule has 1 aliphatic rings. The third-order valence-corrected chi connectivity index (χ3v) is 0.663. The average molecular weight is 104 g/mol. The monoisotopic (exact) mass is 104 g/mol. The van der Waals surface area contributed by atoms with Gasteiger partial charge in [0, 0.05) is 15.7 Å². The van der Waals surface area contributed by atoms with Crippen molar-refractivity contribution in [2.75, 3.05) is 13.2 Å². The van der Waals surface area contributed by atoms with Crippen LogP contribution in [0.3, 0.4) is 0 Å². The fourth-order valence-corrected chi connectivity index (χ4v) is 0.353. The molecule has 0 radical (unpaired) electrons. The van der Waals surface area contributed by atoms with Crippen LogP contribution in [0.25, 0.3) is 0 Å². The number of hydrogen-bond acceptors (Lipinski definition) is 2. The first-order valence-electron chi connectivity index (χ1n) is 4.01. The van der Waals surface area contributed by atoms with Crippen LogP contribution in [0.1, 0.15) is 18.3 Å². The van der Waals surface area contributed by atoms with E-state index in [1.807, 2.05) is 0 Å². The van der Waals surface area contributed by atoms with E-state index in [1.54, 1.807) is 0 Å². The Balaban J connectivity index is 2.80. The van der Waals surface area contributed by atoms with Crippen LogP contribution >= 0.6 is 0 Å². The van der Waals surface area contributed by atoms with Crippen molar-refractivity contribution in [3.05, 3.63) is 0 Å². The molecule has 0 saturated carbocycles. The fraction of sp³-hybridized carbons (Fsp3) is 0.800. The van der Waals surface area contributed by atoms with Crippen LogP contribution in [-0.2, 0) is 9.53 Å². The van der Waals surface area contributed by atoms with Crippen molar-refractivity contribution in [3.8, 4) is 0 Å². The maximum Gasteiger partial charge on any atom is 0.158 e. The van der Waals surface area contributed by atoms with E-state index in [4.69, 9.17) is 5.48 Å². The number of rotatable bonds is 0. The van der Waals surface area contributed by atoms with Crippen LogP contribution in [-0.4, -0.2) is 18.9 Å². The summed E-state index contributed by atoms with van der Waals surface area (Å²) in [7, 11) is 0. The van der Waals surface area contributed by atoms with Gasteiger partial charge in [-0.25, -0.2) is 0 Å². The Bertz CT molecular complexity index is 189. The summed E-state index contributed by atoms with van der Waals surface area (Å²) < 4.78 is 32.7. The highest BCUT2D eigenvalue weighted by Gasteiger charge is 2.06. The van der Waals surface area contributed by atoms with E-state index in [2.05, 4.69) is 4.74 Å². The molecule has 1 fully saturated rings. The van der Waals surface area contributed by atoms with Gasteiger partial charge in [0.1, 0.15) is 6.61 Å². The normalized spacial score (nSPS) is 45.4. The Hall–Kier alpha value is -0.370. The molecule has 0 N–H and O–H groups in total. The van der Waals surface area contributed by atoms with Gasteiger partial charge in [-0.05, 0) is 6.37 Å². The molecule has 2 nitrogen and oxygen atoms in total. The Morgan fingerprint density at radius 3 is 3.29 bits per heavy atom. The average Bonchev–Trinajstić information content (AvgIpc) is 1.80. The molecule has 0 bridgehead atoms. The van der Waals surface area contributed by atoms with Gasteiger partial charge in [-0.15, -0.1) is 0 Å². The van der Waals surface area contributed by atoms with Crippen molar-refractivity contribution in [2.45, 2.75) is 12.8 Å². The molecule has 1 rings (SSSR count). The molecular formula is C5H8O2. The SMILES string of the molecule is [2H]C1([2H])CC(=O)COC1([2H])[2H]. The molecule has 1 heterocycles. The Labute approximate surface area is 48.1 Å². The topological polar surface area (TPSA) is 26.3 Å². The zero-order chi connectivity index (χ0) is 8.70. The quantitative estimate of drug-likeness (QED) is 0.443. The highest BCUT2D eigenvalue weighted by molar-refractivity contribution is 5.80. The van der Waals surface area contributed by atoms with Gasteiger partial charge in [0.2, 0.25) is 0 Å². The van der Waals surface area contributed by atoms with Gasteiger partial charge in [-0.2, -0.15) is 0 Å². The van der Waals surface area contributed by atoms with E-state index in [0.717, 1.165) is 0 Å². The van der Waals surface area contributed by atoms with Crippen molar-refractivity contribution >= 4 is 5.78 Å². The third-order valence-electron chi connectivity index (χ3n) is 0.663. The first kappa shape index (κ1) is 1.86. The van der Waals surface area contributed by atoms with E-state index < -0.39 is 25.1 Å². The van der Waals surface area contributed by atoms with Crippen LogP contribution in [0, 0.1) is 0 Å². The van der Waals surface area contributed by atoms with Crippen LogP contribution in [0.2, 0.25) is 0 Å². The van der Waals surface area contributed by atoms with Crippen molar-refractivity contribution in [3.63, 3.8) is 0 Å². The molecule has 0 aromatic heterocycles. The first-order chi connectivity index (χ1) is 4.85. The summed E-state index contributed by atoms with van der Waals surface area (Å²) in [6.07, 6.45) is -2.59. The van der Waals surface area contributed by atoms with Crippen LogP contribution in [0.5, 0.6) is 0 Å². The maximum atomic E-state index is 10.6. The Morgan fingerprint density at radius 1 is 1.86 bits per heavy atom. The van der Waals surface area contributed by atoms with E-state index in [1.165, 1.54) is 0 Å². The zero-order valence-electron chi connectivity index (χ0n) is 7.73. The lowest BCUT2D eigenvalue weighted by atomic mass is 10.2. The maximum absolute atomic E-state index is 10.6. The molecule has 0 amide bonds. The summed E-state index contributed by atoms with van der Waals surface area (Å²) in [6.45, 7) is -2.66. The second-order valence-electron chi connectivity index (χ2n) is 1.28. The summed E-state index contributed by atoms with van der Waals surface area (Å²) in [5.41, 5.74) is 0. The number of ether oxygens (including phenoxy) is 1. The molecule has 0 atom stereocenters. The molecule has 0 aromatic carbocycles. The molecule has 0 aromatic rings. The summed E-state index contributed by atoms with van der Waals surface area (Å²) in [5.74, 6) is -0.398. The summed E-state index contributed by atoms with van der Waals surface area (Å²) in [6, 6.07) is 0. The molecule has 0 unspecified atom stereocenters. The van der Waals surface area contributed by atoms with Crippen LogP contribution in [0.15, 0.2) is 0 Å². The minimum absolute atomic E-state index is 0.327. The van der Waals surface area contributed by atoms with E-state index in [9.17, 15) is 4.79 Å². The Morgan fingerprint density at radius 2 is 2.71 bits per heavy atom. The zero-order valence-corrected chi connectivity index (χ0v) is 3.73. The lowest BCUT2D eigenvalue weighted by Crippen LogP contribution is -2.15. The predicted molar refractivity (Wildman–Crippen MR) is 25.1 cm³/mol. The molecule has 0 spiro atoms. The smallest absolute Gasteiger partial charge is 0.158 e. The summed E-state index contributed by atoms with van der Waals surface area (Å²) in [4.78, 5) is 10.6. The van der Waals surface area contributed by atoms with Gasteiger partial charge in [-0.3, -0.25) is 4.79 Å². The number of ketones is 1. The van der Waals surface area contributed by atoms with E-state index in [-0.39, 0.29) is 6.61 Å². The largest absolute Gasteiger partial charge is 0.374 e. The predicted octanol–water partition coefficient (Wildman–Crippen LogP) is 0.366. The first-order valence-corrected chi connectivity index (χ1v) is 2.01. The molecular weight excluding hydrogens is 92.1 g/mol. The number of carbonyl (C=O) groups is 1. The van der Waals surface area contributed by atoms with Crippen molar-refractivity contribution < 1.29 is 15.0 Å². The highest BCUT2D eigenvalue weighted by atomic mass is 16.5. The molecule has 1 aliphatic heterocycles. The van der Waals surface area contributed by atoms with Gasteiger partial charge >= 0.3 is 0 Å². The molecule has 1 saturated heterocycles. The standard InChI is InChI=1S/C5H8O2/c6-5-2-1-3-7-4-5/h1-4H2/i1D2,3D2. The van der Waals surface area contributed by atoms with Crippen LogP contribution in [0.4, 0.5) is 0 Å². The van der Waals surface area contributed by atoms with E-state index >= 15 is 0 Å². The second-order valence-corrected chi connectivity index (χ2v) is 1.28. The van der Waals surface area contributed by atoms with Gasteiger partial charge in [0.15, 0.2) is 5.78 Å². The molecule has 0 aliphatic carbocycles. The fourth-order valence-electron chi connectivity index (χ4n) is 0.353. The lowest BCUT2D eigenvalue weighted by Gasteiger charge is -2.07. The molecule has 7 heavy (non-hydrogen) atoms. The van der Waals surface area contributed by atoms with Gasteiger partial charge in [0.05, 0.1) is 2.74 Å². The summed E-state index contributed by atoms with van der Waals surface area (Å²) >= 11 is 0. The lowest BCUT2D eigenvalue weighted by molar-refractivity contribution is -0.126. The molecule has 40 valence electrons. The highest BCUT2D eigenvalue weighted by Crippen LogP contribution is 1.98. The minimum Gasteiger partial charge on any atom is -0.374 e. The van der Waals surface area contributed by atoms with Gasteiger partial charge in [0.25, 0.3) is 0 Å². The third kappa shape index (κ3) is 1.27.